The van der Waals surface area contributed by atoms with Crippen molar-refractivity contribution in [3.63, 3.8) is 0 Å². The molecule has 2 rings (SSSR count). The molecule has 1 aromatic carbocycles. The van der Waals surface area contributed by atoms with Crippen LogP contribution in [0.3, 0.4) is 0 Å². The Morgan fingerprint density at radius 1 is 1.17 bits per heavy atom. The Labute approximate surface area is 113 Å². The summed E-state index contributed by atoms with van der Waals surface area (Å²) < 4.78 is 0. The SMILES string of the molecule is O=C(Nc1cccc(Cl)c1Cl)c1ccc(=O)[nH]c1. The highest BCUT2D eigenvalue weighted by Gasteiger charge is 2.10. The molecule has 0 fully saturated rings. The minimum absolute atomic E-state index is 0.271. The molecule has 1 amide bonds. The summed E-state index contributed by atoms with van der Waals surface area (Å²) in [6, 6.07) is 7.63. The highest BCUT2D eigenvalue weighted by atomic mass is 35.5. The number of aromatic amines is 1. The first kappa shape index (κ1) is 12.7. The molecule has 92 valence electrons. The maximum Gasteiger partial charge on any atom is 0.257 e. The Morgan fingerprint density at radius 3 is 2.61 bits per heavy atom. The van der Waals surface area contributed by atoms with Crippen LogP contribution in [0.1, 0.15) is 10.4 Å². The van der Waals surface area contributed by atoms with Crippen LogP contribution in [0.2, 0.25) is 10.0 Å². The number of nitrogens with one attached hydrogen (secondary N) is 2. The molecule has 0 atom stereocenters. The molecular formula is C12H8Cl2N2O2. The lowest BCUT2D eigenvalue weighted by molar-refractivity contribution is 0.102. The minimum Gasteiger partial charge on any atom is -0.328 e. The molecule has 0 saturated heterocycles. The van der Waals surface area contributed by atoms with E-state index in [4.69, 9.17) is 23.2 Å². The van der Waals surface area contributed by atoms with E-state index in [1.54, 1.807) is 18.2 Å². The number of amides is 1. The zero-order valence-electron chi connectivity index (χ0n) is 9.04. The molecule has 6 heteroatoms. The van der Waals surface area contributed by atoms with Crippen molar-refractivity contribution in [1.82, 2.24) is 4.98 Å². The lowest BCUT2D eigenvalue weighted by atomic mass is 10.2. The molecule has 0 saturated carbocycles. The summed E-state index contributed by atoms with van der Waals surface area (Å²) in [5.74, 6) is -0.379. The number of hydrogen-bond acceptors (Lipinski definition) is 2. The Balaban J connectivity index is 2.24. The number of aromatic nitrogens is 1. The lowest BCUT2D eigenvalue weighted by Gasteiger charge is -2.07. The third kappa shape index (κ3) is 2.72. The summed E-state index contributed by atoms with van der Waals surface area (Å²) in [6.45, 7) is 0. The van der Waals surface area contributed by atoms with Gasteiger partial charge in [0.15, 0.2) is 0 Å². The molecule has 0 aliphatic carbocycles. The van der Waals surface area contributed by atoms with Gasteiger partial charge in [-0.1, -0.05) is 29.3 Å². The van der Waals surface area contributed by atoms with Crippen LogP contribution >= 0.6 is 23.2 Å². The van der Waals surface area contributed by atoms with Gasteiger partial charge in [0.1, 0.15) is 0 Å². The zero-order valence-corrected chi connectivity index (χ0v) is 10.5. The maximum absolute atomic E-state index is 11.9. The van der Waals surface area contributed by atoms with Gasteiger partial charge in [-0.15, -0.1) is 0 Å². The van der Waals surface area contributed by atoms with E-state index in [-0.39, 0.29) is 16.5 Å². The zero-order chi connectivity index (χ0) is 13.1. The molecule has 0 spiro atoms. The van der Waals surface area contributed by atoms with Crippen molar-refractivity contribution in [2.75, 3.05) is 5.32 Å². The Hall–Kier alpha value is -1.78. The molecule has 4 nitrogen and oxygen atoms in total. The Morgan fingerprint density at radius 2 is 1.94 bits per heavy atom. The average Bonchev–Trinajstić information content (AvgIpc) is 2.36. The van der Waals surface area contributed by atoms with E-state index < -0.39 is 0 Å². The third-order valence-electron chi connectivity index (χ3n) is 2.25. The summed E-state index contributed by atoms with van der Waals surface area (Å²) >= 11 is 11.8. The number of carbonyl (C=O) groups excluding carboxylic acids is 1. The molecule has 2 N–H and O–H groups in total. The Bertz CT molecular complexity index is 632. The van der Waals surface area contributed by atoms with Gasteiger partial charge in [0.2, 0.25) is 5.56 Å². The fourth-order valence-corrected chi connectivity index (χ4v) is 1.69. The minimum atomic E-state index is -0.379. The molecule has 1 heterocycles. The van der Waals surface area contributed by atoms with Gasteiger partial charge >= 0.3 is 0 Å². The van der Waals surface area contributed by atoms with E-state index >= 15 is 0 Å². The van der Waals surface area contributed by atoms with Gasteiger partial charge < -0.3 is 10.3 Å². The van der Waals surface area contributed by atoms with Crippen LogP contribution in [-0.2, 0) is 0 Å². The first-order valence-electron chi connectivity index (χ1n) is 5.02. The van der Waals surface area contributed by atoms with Crippen molar-refractivity contribution in [2.45, 2.75) is 0 Å². The predicted molar refractivity (Wildman–Crippen MR) is 71.5 cm³/mol. The van der Waals surface area contributed by atoms with Gasteiger partial charge in [-0.25, -0.2) is 0 Å². The quantitative estimate of drug-likeness (QED) is 0.890. The summed E-state index contributed by atoms with van der Waals surface area (Å²) in [6.07, 6.45) is 1.33. The summed E-state index contributed by atoms with van der Waals surface area (Å²) in [7, 11) is 0. The highest BCUT2D eigenvalue weighted by molar-refractivity contribution is 6.44. The first-order chi connectivity index (χ1) is 8.58. The number of benzene rings is 1. The van der Waals surface area contributed by atoms with Crippen LogP contribution in [-0.4, -0.2) is 10.9 Å². The lowest BCUT2D eigenvalue weighted by Crippen LogP contribution is -2.14. The van der Waals surface area contributed by atoms with Crippen molar-refractivity contribution in [2.24, 2.45) is 0 Å². The van der Waals surface area contributed by atoms with Crippen molar-refractivity contribution in [1.29, 1.82) is 0 Å². The van der Waals surface area contributed by atoms with Crippen LogP contribution < -0.4 is 10.9 Å². The number of anilines is 1. The number of carbonyl (C=O) groups is 1. The molecule has 0 aliphatic heterocycles. The number of rotatable bonds is 2. The van der Waals surface area contributed by atoms with E-state index in [0.29, 0.717) is 16.3 Å². The normalized spacial score (nSPS) is 10.1. The molecule has 1 aromatic heterocycles. The second-order valence-corrected chi connectivity index (χ2v) is 4.28. The Kier molecular flexibility index (Phi) is 3.69. The van der Waals surface area contributed by atoms with Crippen molar-refractivity contribution in [3.05, 3.63) is 62.5 Å². The van der Waals surface area contributed by atoms with E-state index in [2.05, 4.69) is 10.3 Å². The topological polar surface area (TPSA) is 62.0 Å². The van der Waals surface area contributed by atoms with Crippen LogP contribution in [0.4, 0.5) is 5.69 Å². The van der Waals surface area contributed by atoms with Gasteiger partial charge in [-0.2, -0.15) is 0 Å². The summed E-state index contributed by atoms with van der Waals surface area (Å²) in [5, 5.41) is 3.24. The van der Waals surface area contributed by atoms with Gasteiger partial charge in [0.25, 0.3) is 5.91 Å². The van der Waals surface area contributed by atoms with Crippen LogP contribution in [0.15, 0.2) is 41.3 Å². The van der Waals surface area contributed by atoms with Crippen molar-refractivity contribution >= 4 is 34.8 Å². The number of pyridine rings is 1. The number of hydrogen-bond donors (Lipinski definition) is 2. The molecule has 0 bridgehead atoms. The summed E-state index contributed by atoms with van der Waals surface area (Å²) in [5.41, 5.74) is 0.471. The largest absolute Gasteiger partial charge is 0.328 e. The van der Waals surface area contributed by atoms with Gasteiger partial charge in [0.05, 0.1) is 21.3 Å². The van der Waals surface area contributed by atoms with Crippen molar-refractivity contribution < 1.29 is 4.79 Å². The molecular weight excluding hydrogens is 275 g/mol. The third-order valence-corrected chi connectivity index (χ3v) is 3.07. The predicted octanol–water partition coefficient (Wildman–Crippen LogP) is 2.93. The standard InChI is InChI=1S/C12H8Cl2N2O2/c13-8-2-1-3-9(11(8)14)16-12(18)7-4-5-10(17)15-6-7/h1-6H,(H,15,17)(H,16,18). The van der Waals surface area contributed by atoms with E-state index in [0.717, 1.165) is 0 Å². The van der Waals surface area contributed by atoms with E-state index in [9.17, 15) is 9.59 Å². The van der Waals surface area contributed by atoms with E-state index in [1.807, 2.05) is 0 Å². The first-order valence-corrected chi connectivity index (χ1v) is 5.77. The average molecular weight is 283 g/mol. The van der Waals surface area contributed by atoms with Gasteiger partial charge in [-0.05, 0) is 18.2 Å². The fourth-order valence-electron chi connectivity index (χ4n) is 1.35. The summed E-state index contributed by atoms with van der Waals surface area (Å²) in [4.78, 5) is 25.1. The number of H-pyrrole nitrogens is 1. The molecule has 0 radical (unpaired) electrons. The molecule has 18 heavy (non-hydrogen) atoms. The molecule has 0 aliphatic rings. The van der Waals surface area contributed by atoms with Crippen molar-refractivity contribution in [3.8, 4) is 0 Å². The van der Waals surface area contributed by atoms with Crippen LogP contribution in [0, 0.1) is 0 Å². The molecule has 2 aromatic rings. The smallest absolute Gasteiger partial charge is 0.257 e. The van der Waals surface area contributed by atoms with Crippen LogP contribution in [0.5, 0.6) is 0 Å². The fraction of sp³-hybridized carbons (Fsp3) is 0. The molecule has 0 unspecified atom stereocenters. The maximum atomic E-state index is 11.9. The second-order valence-electron chi connectivity index (χ2n) is 3.50. The second kappa shape index (κ2) is 5.25. The number of halogens is 2. The highest BCUT2D eigenvalue weighted by Crippen LogP contribution is 2.29. The van der Waals surface area contributed by atoms with Gasteiger partial charge in [0, 0.05) is 12.3 Å². The van der Waals surface area contributed by atoms with E-state index in [1.165, 1.54) is 18.3 Å². The van der Waals surface area contributed by atoms with Crippen LogP contribution in [0.25, 0.3) is 0 Å². The monoisotopic (exact) mass is 282 g/mol. The van der Waals surface area contributed by atoms with Gasteiger partial charge in [-0.3, -0.25) is 9.59 Å².